The number of nitrogens with zero attached hydrogens (tertiary/aromatic N) is 1. The Morgan fingerprint density at radius 3 is 2.71 bits per heavy atom. The van der Waals surface area contributed by atoms with Gasteiger partial charge in [-0.1, -0.05) is 57.9 Å². The molecule has 21 heavy (non-hydrogen) atoms. The van der Waals surface area contributed by atoms with Crippen LogP contribution in [-0.2, 0) is 11.3 Å². The molecule has 1 fully saturated rings. The van der Waals surface area contributed by atoms with Crippen LogP contribution in [0.4, 0.5) is 0 Å². The van der Waals surface area contributed by atoms with E-state index >= 15 is 0 Å². The Labute approximate surface area is 137 Å². The number of rotatable bonds is 3. The summed E-state index contributed by atoms with van der Waals surface area (Å²) in [6.07, 6.45) is 0. The number of hydrogen-bond donors (Lipinski definition) is 0. The number of thioether (sulfide) groups is 1. The van der Waals surface area contributed by atoms with Crippen molar-refractivity contribution in [1.29, 1.82) is 0 Å². The van der Waals surface area contributed by atoms with E-state index in [1.807, 2.05) is 17.0 Å². The largest absolute Gasteiger partial charge is 0.322 e. The average molecular weight is 362 g/mol. The number of benzene rings is 2. The molecule has 3 rings (SSSR count). The maximum atomic E-state index is 12.2. The molecular weight excluding hydrogens is 346 g/mol. The van der Waals surface area contributed by atoms with Gasteiger partial charge in [-0.25, -0.2) is 0 Å². The van der Waals surface area contributed by atoms with Crippen molar-refractivity contribution in [3.8, 4) is 0 Å². The van der Waals surface area contributed by atoms with E-state index in [0.717, 1.165) is 4.47 Å². The molecular formula is C17H16BrNOS. The molecule has 2 nitrogen and oxygen atoms in total. The molecule has 0 aromatic heterocycles. The topological polar surface area (TPSA) is 20.3 Å². The first kappa shape index (κ1) is 14.7. The van der Waals surface area contributed by atoms with E-state index < -0.39 is 0 Å². The minimum atomic E-state index is 0.108. The Bertz CT molecular complexity index is 656. The van der Waals surface area contributed by atoms with Gasteiger partial charge < -0.3 is 4.90 Å². The van der Waals surface area contributed by atoms with Gasteiger partial charge >= 0.3 is 0 Å². The standard InChI is InChI=1S/C17H16BrNOS/c1-12-5-7-13(8-6-12)10-19-16(20)11-21-17(19)14-3-2-4-15(18)9-14/h2-9,17H,10-11H2,1H3. The minimum Gasteiger partial charge on any atom is -0.322 e. The van der Waals surface area contributed by atoms with Crippen LogP contribution in [-0.4, -0.2) is 16.6 Å². The zero-order chi connectivity index (χ0) is 14.8. The predicted molar refractivity (Wildman–Crippen MR) is 91.1 cm³/mol. The Kier molecular flexibility index (Phi) is 4.36. The highest BCUT2D eigenvalue weighted by Gasteiger charge is 2.32. The van der Waals surface area contributed by atoms with Crippen molar-refractivity contribution in [2.24, 2.45) is 0 Å². The van der Waals surface area contributed by atoms with Crippen LogP contribution in [0.25, 0.3) is 0 Å². The number of halogens is 1. The predicted octanol–water partition coefficient (Wildman–Crippen LogP) is 4.53. The highest BCUT2D eigenvalue weighted by atomic mass is 79.9. The Morgan fingerprint density at radius 2 is 2.00 bits per heavy atom. The molecule has 1 heterocycles. The van der Waals surface area contributed by atoms with Gasteiger partial charge in [0.05, 0.1) is 5.75 Å². The van der Waals surface area contributed by atoms with E-state index in [4.69, 9.17) is 0 Å². The highest BCUT2D eigenvalue weighted by Crippen LogP contribution is 2.40. The summed E-state index contributed by atoms with van der Waals surface area (Å²) < 4.78 is 1.05. The van der Waals surface area contributed by atoms with Crippen molar-refractivity contribution in [2.45, 2.75) is 18.8 Å². The van der Waals surface area contributed by atoms with E-state index in [1.165, 1.54) is 16.7 Å². The third kappa shape index (κ3) is 3.33. The lowest BCUT2D eigenvalue weighted by atomic mass is 10.1. The first-order valence-corrected chi connectivity index (χ1v) is 8.70. The third-order valence-corrected chi connectivity index (χ3v) is 5.32. The first-order chi connectivity index (χ1) is 10.1. The Hall–Kier alpha value is -1.26. The molecule has 0 saturated carbocycles. The molecule has 0 N–H and O–H groups in total. The number of carbonyl (C=O) groups is 1. The summed E-state index contributed by atoms with van der Waals surface area (Å²) in [5.74, 6) is 0.772. The second kappa shape index (κ2) is 6.24. The van der Waals surface area contributed by atoms with E-state index in [-0.39, 0.29) is 11.3 Å². The highest BCUT2D eigenvalue weighted by molar-refractivity contribution is 9.10. The van der Waals surface area contributed by atoms with Crippen LogP contribution in [0.2, 0.25) is 0 Å². The lowest BCUT2D eigenvalue weighted by molar-refractivity contribution is -0.128. The van der Waals surface area contributed by atoms with Crippen molar-refractivity contribution in [1.82, 2.24) is 4.90 Å². The van der Waals surface area contributed by atoms with E-state index in [9.17, 15) is 4.79 Å². The molecule has 1 amide bonds. The lowest BCUT2D eigenvalue weighted by Gasteiger charge is -2.24. The van der Waals surface area contributed by atoms with Gasteiger partial charge in [0.1, 0.15) is 5.37 Å². The smallest absolute Gasteiger partial charge is 0.234 e. The van der Waals surface area contributed by atoms with Crippen LogP contribution in [0.1, 0.15) is 22.1 Å². The van der Waals surface area contributed by atoms with Crippen molar-refractivity contribution in [2.75, 3.05) is 5.75 Å². The lowest BCUT2D eigenvalue weighted by Crippen LogP contribution is -2.27. The fourth-order valence-electron chi connectivity index (χ4n) is 2.45. The summed E-state index contributed by atoms with van der Waals surface area (Å²) in [6.45, 7) is 2.74. The number of carbonyl (C=O) groups excluding carboxylic acids is 1. The minimum absolute atomic E-state index is 0.108. The van der Waals surface area contributed by atoms with Gasteiger partial charge in [-0.2, -0.15) is 0 Å². The number of amides is 1. The molecule has 1 atom stereocenters. The fourth-order valence-corrected chi connectivity index (χ4v) is 4.05. The second-order valence-corrected chi connectivity index (χ2v) is 7.21. The van der Waals surface area contributed by atoms with Crippen LogP contribution in [0, 0.1) is 6.92 Å². The summed E-state index contributed by atoms with van der Waals surface area (Å²) in [4.78, 5) is 14.2. The maximum absolute atomic E-state index is 12.2. The SMILES string of the molecule is Cc1ccc(CN2C(=O)CSC2c2cccc(Br)c2)cc1. The molecule has 0 aliphatic carbocycles. The third-order valence-electron chi connectivity index (χ3n) is 3.58. The molecule has 0 radical (unpaired) electrons. The molecule has 2 aromatic rings. The second-order valence-electron chi connectivity index (χ2n) is 5.23. The molecule has 1 aliphatic rings. The van der Waals surface area contributed by atoms with E-state index in [0.29, 0.717) is 12.3 Å². The maximum Gasteiger partial charge on any atom is 0.234 e. The van der Waals surface area contributed by atoms with Gasteiger partial charge in [0.15, 0.2) is 0 Å². The molecule has 0 spiro atoms. The van der Waals surface area contributed by atoms with Crippen LogP contribution >= 0.6 is 27.7 Å². The van der Waals surface area contributed by atoms with Gasteiger partial charge in [-0.15, -0.1) is 11.8 Å². The number of aryl methyl sites for hydroxylation is 1. The summed E-state index contributed by atoms with van der Waals surface area (Å²) in [7, 11) is 0. The summed E-state index contributed by atoms with van der Waals surface area (Å²) in [5, 5.41) is 0.108. The van der Waals surface area contributed by atoms with Gasteiger partial charge in [0, 0.05) is 11.0 Å². The van der Waals surface area contributed by atoms with Crippen LogP contribution < -0.4 is 0 Å². The molecule has 0 bridgehead atoms. The van der Waals surface area contributed by atoms with Crippen LogP contribution in [0.3, 0.4) is 0 Å². The summed E-state index contributed by atoms with van der Waals surface area (Å²) in [5.41, 5.74) is 3.59. The molecule has 4 heteroatoms. The van der Waals surface area contributed by atoms with Gasteiger partial charge in [-0.05, 0) is 30.2 Å². The first-order valence-electron chi connectivity index (χ1n) is 6.85. The van der Waals surface area contributed by atoms with Gasteiger partial charge in [-0.3, -0.25) is 4.79 Å². The zero-order valence-electron chi connectivity index (χ0n) is 11.8. The normalized spacial score (nSPS) is 18.3. The Balaban J connectivity index is 1.84. The van der Waals surface area contributed by atoms with E-state index in [2.05, 4.69) is 59.3 Å². The number of hydrogen-bond acceptors (Lipinski definition) is 2. The van der Waals surface area contributed by atoms with Crippen LogP contribution in [0.5, 0.6) is 0 Å². The Morgan fingerprint density at radius 1 is 1.24 bits per heavy atom. The average Bonchev–Trinajstić information content (AvgIpc) is 2.83. The fraction of sp³-hybridized carbons (Fsp3) is 0.235. The van der Waals surface area contributed by atoms with Crippen molar-refractivity contribution in [3.63, 3.8) is 0 Å². The summed E-state index contributed by atoms with van der Waals surface area (Å²) >= 11 is 5.20. The van der Waals surface area contributed by atoms with Gasteiger partial charge in [0.2, 0.25) is 5.91 Å². The quantitative estimate of drug-likeness (QED) is 0.800. The molecule has 1 aliphatic heterocycles. The van der Waals surface area contributed by atoms with Gasteiger partial charge in [0.25, 0.3) is 0 Å². The van der Waals surface area contributed by atoms with Crippen LogP contribution in [0.15, 0.2) is 53.0 Å². The van der Waals surface area contributed by atoms with Crippen molar-refractivity contribution >= 4 is 33.6 Å². The molecule has 1 unspecified atom stereocenters. The molecule has 1 saturated heterocycles. The summed E-state index contributed by atoms with van der Waals surface area (Å²) in [6, 6.07) is 16.6. The van der Waals surface area contributed by atoms with Crippen molar-refractivity contribution < 1.29 is 4.79 Å². The molecule has 108 valence electrons. The zero-order valence-corrected chi connectivity index (χ0v) is 14.2. The monoisotopic (exact) mass is 361 g/mol. The van der Waals surface area contributed by atoms with Crippen molar-refractivity contribution in [3.05, 3.63) is 69.7 Å². The molecule has 2 aromatic carbocycles. The van der Waals surface area contributed by atoms with E-state index in [1.54, 1.807) is 11.8 Å².